The Bertz CT molecular complexity index is 531. The summed E-state index contributed by atoms with van der Waals surface area (Å²) in [4.78, 5) is 12.6. The maximum atomic E-state index is 4.70. The molecule has 0 saturated carbocycles. The molecule has 1 aliphatic heterocycles. The standard InChI is InChI=1S/C13H16N4S/c1-10-3-9-18-12(10)13-15-4-2-11(16-13)17-7-5-14-6-8-17/h2-4,9,14H,5-8H2,1H3. The largest absolute Gasteiger partial charge is 0.354 e. The minimum absolute atomic E-state index is 0.846. The Balaban J connectivity index is 1.91. The highest BCUT2D eigenvalue weighted by Gasteiger charge is 2.13. The number of nitrogens with one attached hydrogen (secondary N) is 1. The van der Waals surface area contributed by atoms with Crippen molar-refractivity contribution in [3.8, 4) is 10.7 Å². The predicted octanol–water partition coefficient (Wildman–Crippen LogP) is 1.92. The third-order valence-corrected chi connectivity index (χ3v) is 4.16. The van der Waals surface area contributed by atoms with Crippen LogP contribution < -0.4 is 10.2 Å². The average Bonchev–Trinajstić information content (AvgIpc) is 2.86. The molecule has 0 atom stereocenters. The van der Waals surface area contributed by atoms with Gasteiger partial charge in [-0.1, -0.05) is 0 Å². The predicted molar refractivity (Wildman–Crippen MR) is 75.2 cm³/mol. The van der Waals surface area contributed by atoms with Gasteiger partial charge in [0.15, 0.2) is 5.82 Å². The number of aryl methyl sites for hydroxylation is 1. The second-order valence-corrected chi connectivity index (χ2v) is 5.32. The van der Waals surface area contributed by atoms with Gasteiger partial charge in [0.25, 0.3) is 0 Å². The maximum Gasteiger partial charge on any atom is 0.171 e. The molecule has 0 aliphatic carbocycles. The Morgan fingerprint density at radius 3 is 2.83 bits per heavy atom. The number of hydrogen-bond donors (Lipinski definition) is 1. The van der Waals surface area contributed by atoms with E-state index in [0.717, 1.165) is 37.8 Å². The first kappa shape index (κ1) is 11.6. The van der Waals surface area contributed by atoms with Crippen molar-refractivity contribution in [1.82, 2.24) is 15.3 Å². The third kappa shape index (κ3) is 2.23. The van der Waals surface area contributed by atoms with Crippen molar-refractivity contribution in [3.05, 3.63) is 29.3 Å². The number of anilines is 1. The Kier molecular flexibility index (Phi) is 3.25. The van der Waals surface area contributed by atoms with Crippen LogP contribution in [0.25, 0.3) is 10.7 Å². The smallest absolute Gasteiger partial charge is 0.171 e. The van der Waals surface area contributed by atoms with Crippen molar-refractivity contribution in [2.45, 2.75) is 6.92 Å². The molecular formula is C13H16N4S. The van der Waals surface area contributed by atoms with Gasteiger partial charge in [0.2, 0.25) is 0 Å². The van der Waals surface area contributed by atoms with Crippen molar-refractivity contribution < 1.29 is 0 Å². The van der Waals surface area contributed by atoms with Gasteiger partial charge in [-0.3, -0.25) is 0 Å². The van der Waals surface area contributed by atoms with Gasteiger partial charge in [-0.2, -0.15) is 0 Å². The van der Waals surface area contributed by atoms with E-state index < -0.39 is 0 Å². The van der Waals surface area contributed by atoms with Crippen molar-refractivity contribution in [1.29, 1.82) is 0 Å². The van der Waals surface area contributed by atoms with Crippen LogP contribution in [0, 0.1) is 6.92 Å². The van der Waals surface area contributed by atoms with Gasteiger partial charge in [-0.05, 0) is 30.0 Å². The zero-order valence-electron chi connectivity index (χ0n) is 10.4. The summed E-state index contributed by atoms with van der Waals surface area (Å²) in [6, 6.07) is 4.11. The van der Waals surface area contributed by atoms with Gasteiger partial charge in [-0.15, -0.1) is 11.3 Å². The van der Waals surface area contributed by atoms with Gasteiger partial charge >= 0.3 is 0 Å². The highest BCUT2D eigenvalue weighted by molar-refractivity contribution is 7.13. The molecule has 0 spiro atoms. The summed E-state index contributed by atoms with van der Waals surface area (Å²) >= 11 is 1.70. The number of rotatable bonds is 2. The lowest BCUT2D eigenvalue weighted by Crippen LogP contribution is -2.43. The summed E-state index contributed by atoms with van der Waals surface area (Å²) in [5.41, 5.74) is 1.25. The molecule has 1 N–H and O–H groups in total. The molecule has 2 aromatic heterocycles. The quantitative estimate of drug-likeness (QED) is 0.895. The van der Waals surface area contributed by atoms with Crippen molar-refractivity contribution in [2.75, 3.05) is 31.1 Å². The second kappa shape index (κ2) is 5.04. The minimum atomic E-state index is 0.846. The van der Waals surface area contributed by atoms with Gasteiger partial charge in [0.1, 0.15) is 5.82 Å². The fourth-order valence-corrected chi connectivity index (χ4v) is 3.00. The fraction of sp³-hybridized carbons (Fsp3) is 0.385. The molecule has 3 heterocycles. The van der Waals surface area contributed by atoms with Gasteiger partial charge in [-0.25, -0.2) is 9.97 Å². The van der Waals surface area contributed by atoms with Gasteiger partial charge in [0.05, 0.1) is 4.88 Å². The lowest BCUT2D eigenvalue weighted by atomic mass is 10.3. The van der Waals surface area contributed by atoms with Crippen molar-refractivity contribution >= 4 is 17.2 Å². The SMILES string of the molecule is Cc1ccsc1-c1nccc(N2CCNCC2)n1. The highest BCUT2D eigenvalue weighted by atomic mass is 32.1. The first-order valence-electron chi connectivity index (χ1n) is 6.18. The van der Waals surface area contributed by atoms with Crippen LogP contribution >= 0.6 is 11.3 Å². The van der Waals surface area contributed by atoms with Gasteiger partial charge in [0, 0.05) is 32.4 Å². The molecule has 5 heteroatoms. The van der Waals surface area contributed by atoms with Crippen molar-refractivity contribution in [2.24, 2.45) is 0 Å². The first-order valence-corrected chi connectivity index (χ1v) is 7.06. The normalized spacial score (nSPS) is 15.9. The van der Waals surface area contributed by atoms with Crippen LogP contribution in [0.3, 0.4) is 0 Å². The molecule has 0 amide bonds. The Morgan fingerprint density at radius 2 is 2.11 bits per heavy atom. The topological polar surface area (TPSA) is 41.1 Å². The molecule has 0 aromatic carbocycles. The van der Waals surface area contributed by atoms with Crippen LogP contribution in [0.15, 0.2) is 23.7 Å². The average molecular weight is 260 g/mol. The van der Waals surface area contributed by atoms with E-state index in [0.29, 0.717) is 0 Å². The number of nitrogens with zero attached hydrogens (tertiary/aromatic N) is 3. The Labute approximate surface area is 111 Å². The van der Waals surface area contributed by atoms with Crippen LogP contribution in [-0.2, 0) is 0 Å². The molecule has 0 unspecified atom stereocenters. The van der Waals surface area contributed by atoms with E-state index in [4.69, 9.17) is 4.98 Å². The van der Waals surface area contributed by atoms with Crippen molar-refractivity contribution in [3.63, 3.8) is 0 Å². The fourth-order valence-electron chi connectivity index (χ4n) is 2.13. The third-order valence-electron chi connectivity index (χ3n) is 3.15. The molecule has 0 bridgehead atoms. The monoisotopic (exact) mass is 260 g/mol. The summed E-state index contributed by atoms with van der Waals surface area (Å²) in [7, 11) is 0. The molecular weight excluding hydrogens is 244 g/mol. The number of aromatic nitrogens is 2. The van der Waals surface area contributed by atoms with Crippen LogP contribution in [0.5, 0.6) is 0 Å². The van der Waals surface area contributed by atoms with E-state index in [9.17, 15) is 0 Å². The van der Waals surface area contributed by atoms with E-state index in [1.54, 1.807) is 11.3 Å². The summed E-state index contributed by atoms with van der Waals surface area (Å²) in [5, 5.41) is 5.44. The Hall–Kier alpha value is -1.46. The highest BCUT2D eigenvalue weighted by Crippen LogP contribution is 2.27. The lowest BCUT2D eigenvalue weighted by molar-refractivity contribution is 0.585. The summed E-state index contributed by atoms with van der Waals surface area (Å²) in [6.45, 7) is 6.18. The number of thiophene rings is 1. The molecule has 1 fully saturated rings. The molecule has 2 aromatic rings. The molecule has 4 nitrogen and oxygen atoms in total. The first-order chi connectivity index (χ1) is 8.84. The molecule has 18 heavy (non-hydrogen) atoms. The number of piperazine rings is 1. The van der Waals surface area contributed by atoms with E-state index >= 15 is 0 Å². The van der Waals surface area contributed by atoms with Crippen LogP contribution in [0.4, 0.5) is 5.82 Å². The van der Waals surface area contributed by atoms with Crippen LogP contribution in [-0.4, -0.2) is 36.1 Å². The zero-order chi connectivity index (χ0) is 12.4. The summed E-state index contributed by atoms with van der Waals surface area (Å²) < 4.78 is 0. The number of hydrogen-bond acceptors (Lipinski definition) is 5. The molecule has 1 aliphatic rings. The second-order valence-electron chi connectivity index (χ2n) is 4.41. The van der Waals surface area contributed by atoms with Gasteiger partial charge < -0.3 is 10.2 Å². The van der Waals surface area contributed by atoms with Crippen LogP contribution in [0.2, 0.25) is 0 Å². The Morgan fingerprint density at radius 1 is 1.28 bits per heavy atom. The van der Waals surface area contributed by atoms with E-state index in [1.807, 2.05) is 12.3 Å². The summed E-state index contributed by atoms with van der Waals surface area (Å²) in [6.07, 6.45) is 1.86. The summed E-state index contributed by atoms with van der Waals surface area (Å²) in [5.74, 6) is 1.88. The van der Waals surface area contributed by atoms with Crippen LogP contribution in [0.1, 0.15) is 5.56 Å². The minimum Gasteiger partial charge on any atom is -0.354 e. The van der Waals surface area contributed by atoms with E-state index in [2.05, 4.69) is 33.6 Å². The van der Waals surface area contributed by atoms with E-state index in [1.165, 1.54) is 10.4 Å². The zero-order valence-corrected chi connectivity index (χ0v) is 11.2. The van der Waals surface area contributed by atoms with E-state index in [-0.39, 0.29) is 0 Å². The maximum absolute atomic E-state index is 4.70. The molecule has 94 valence electrons. The molecule has 1 saturated heterocycles. The molecule has 0 radical (unpaired) electrons. The molecule has 3 rings (SSSR count). The lowest BCUT2D eigenvalue weighted by Gasteiger charge is -2.28.